The molecule has 0 amide bonds. The van der Waals surface area contributed by atoms with Crippen molar-refractivity contribution in [2.75, 3.05) is 6.54 Å². The third kappa shape index (κ3) is 3.60. The molecule has 0 aromatic heterocycles. The van der Waals surface area contributed by atoms with Gasteiger partial charge in [0.25, 0.3) is 0 Å². The van der Waals surface area contributed by atoms with Gasteiger partial charge in [-0.3, -0.25) is 0 Å². The van der Waals surface area contributed by atoms with Crippen molar-refractivity contribution in [1.29, 1.82) is 0 Å². The summed E-state index contributed by atoms with van der Waals surface area (Å²) in [7, 11) is 0. The van der Waals surface area contributed by atoms with E-state index in [0.717, 1.165) is 12.1 Å². The highest BCUT2D eigenvalue weighted by molar-refractivity contribution is 5.26. The van der Waals surface area contributed by atoms with Gasteiger partial charge < -0.3 is 5.32 Å². The lowest BCUT2D eigenvalue weighted by Gasteiger charge is -2.31. The van der Waals surface area contributed by atoms with Crippen molar-refractivity contribution < 1.29 is 4.39 Å². The molecule has 90 valence electrons. The van der Waals surface area contributed by atoms with Gasteiger partial charge in [-0.2, -0.15) is 0 Å². The van der Waals surface area contributed by atoms with E-state index in [-0.39, 0.29) is 16.8 Å². The van der Waals surface area contributed by atoms with Crippen LogP contribution in [0.1, 0.15) is 40.2 Å². The second kappa shape index (κ2) is 4.54. The standard InChI is InChI=1S/C14H22FN/c1-13(2,3)16-10-14(4,5)11-8-6-7-9-12(11)15/h6-9,16H,10H2,1-5H3. The van der Waals surface area contributed by atoms with Crippen LogP contribution in [0.5, 0.6) is 0 Å². The summed E-state index contributed by atoms with van der Waals surface area (Å²) in [6.45, 7) is 11.2. The zero-order valence-electron chi connectivity index (χ0n) is 10.9. The number of halogens is 1. The zero-order chi connectivity index (χ0) is 12.4. The van der Waals surface area contributed by atoms with Gasteiger partial charge in [0.1, 0.15) is 5.82 Å². The summed E-state index contributed by atoms with van der Waals surface area (Å²) in [6, 6.07) is 7.00. The molecule has 0 saturated heterocycles. The molecule has 0 spiro atoms. The van der Waals surface area contributed by atoms with Crippen LogP contribution in [0.2, 0.25) is 0 Å². The molecule has 0 atom stereocenters. The normalized spacial score (nSPS) is 12.9. The Morgan fingerprint density at radius 3 is 2.12 bits per heavy atom. The van der Waals surface area contributed by atoms with Crippen molar-refractivity contribution in [3.8, 4) is 0 Å². The quantitative estimate of drug-likeness (QED) is 0.827. The van der Waals surface area contributed by atoms with Crippen molar-refractivity contribution in [2.24, 2.45) is 0 Å². The van der Waals surface area contributed by atoms with Gasteiger partial charge in [0.05, 0.1) is 0 Å². The van der Waals surface area contributed by atoms with Crippen LogP contribution in [0, 0.1) is 5.82 Å². The molecule has 0 saturated carbocycles. The Kier molecular flexibility index (Phi) is 3.74. The summed E-state index contributed by atoms with van der Waals surface area (Å²) in [6.07, 6.45) is 0. The molecule has 1 N–H and O–H groups in total. The average molecular weight is 223 g/mol. The van der Waals surface area contributed by atoms with Gasteiger partial charge in [-0.25, -0.2) is 4.39 Å². The number of rotatable bonds is 3. The highest BCUT2D eigenvalue weighted by Gasteiger charge is 2.25. The van der Waals surface area contributed by atoms with Crippen molar-refractivity contribution in [3.05, 3.63) is 35.6 Å². The minimum atomic E-state index is -0.196. The van der Waals surface area contributed by atoms with E-state index < -0.39 is 0 Å². The third-order valence-corrected chi connectivity index (χ3v) is 2.66. The van der Waals surface area contributed by atoms with Crippen LogP contribution >= 0.6 is 0 Å². The Balaban J connectivity index is 2.82. The van der Waals surface area contributed by atoms with Gasteiger partial charge in [-0.15, -0.1) is 0 Å². The molecule has 0 fully saturated rings. The van der Waals surface area contributed by atoms with Crippen molar-refractivity contribution in [2.45, 2.75) is 45.6 Å². The summed E-state index contributed by atoms with van der Waals surface area (Å²) in [5.74, 6) is -0.122. The number of benzene rings is 1. The molecule has 0 aliphatic heterocycles. The lowest BCUT2D eigenvalue weighted by molar-refractivity contribution is 0.356. The molecule has 2 heteroatoms. The van der Waals surface area contributed by atoms with Crippen LogP contribution in [0.25, 0.3) is 0 Å². The first-order valence-electron chi connectivity index (χ1n) is 5.72. The van der Waals surface area contributed by atoms with Gasteiger partial charge in [0.2, 0.25) is 0 Å². The van der Waals surface area contributed by atoms with Gasteiger partial charge in [-0.1, -0.05) is 32.0 Å². The van der Waals surface area contributed by atoms with E-state index in [0.29, 0.717) is 0 Å². The molecule has 0 aliphatic rings. The van der Waals surface area contributed by atoms with Crippen molar-refractivity contribution in [3.63, 3.8) is 0 Å². The van der Waals surface area contributed by atoms with E-state index in [1.165, 1.54) is 6.07 Å². The maximum Gasteiger partial charge on any atom is 0.126 e. The molecule has 16 heavy (non-hydrogen) atoms. The van der Waals surface area contributed by atoms with Crippen LogP contribution < -0.4 is 5.32 Å². The second-order valence-electron chi connectivity index (χ2n) is 5.97. The van der Waals surface area contributed by atoms with E-state index >= 15 is 0 Å². The molecule has 1 aromatic carbocycles. The minimum Gasteiger partial charge on any atom is -0.311 e. The second-order valence-corrected chi connectivity index (χ2v) is 5.97. The third-order valence-electron chi connectivity index (χ3n) is 2.66. The molecule has 0 unspecified atom stereocenters. The van der Waals surface area contributed by atoms with E-state index in [9.17, 15) is 4.39 Å². The smallest absolute Gasteiger partial charge is 0.126 e. The lowest BCUT2D eigenvalue weighted by atomic mass is 9.83. The molecule has 1 nitrogen and oxygen atoms in total. The molecule has 1 aromatic rings. The molecular formula is C14H22FN. The zero-order valence-corrected chi connectivity index (χ0v) is 10.9. The number of hydrogen-bond acceptors (Lipinski definition) is 1. The monoisotopic (exact) mass is 223 g/mol. The summed E-state index contributed by atoms with van der Waals surface area (Å²) in [4.78, 5) is 0. The van der Waals surface area contributed by atoms with E-state index in [2.05, 4.69) is 39.9 Å². The average Bonchev–Trinajstić information content (AvgIpc) is 2.14. The van der Waals surface area contributed by atoms with Crippen LogP contribution in [0.4, 0.5) is 4.39 Å². The Labute approximate surface area is 98.1 Å². The molecular weight excluding hydrogens is 201 g/mol. The summed E-state index contributed by atoms with van der Waals surface area (Å²) >= 11 is 0. The Hall–Kier alpha value is -0.890. The molecule has 0 radical (unpaired) electrons. The van der Waals surface area contributed by atoms with Gasteiger partial charge >= 0.3 is 0 Å². The van der Waals surface area contributed by atoms with Gasteiger partial charge in [0, 0.05) is 17.5 Å². The highest BCUT2D eigenvalue weighted by atomic mass is 19.1. The Bertz CT molecular complexity index is 350. The number of nitrogens with one attached hydrogen (secondary N) is 1. The first-order valence-corrected chi connectivity index (χ1v) is 5.72. The number of hydrogen-bond donors (Lipinski definition) is 1. The van der Waals surface area contributed by atoms with E-state index in [4.69, 9.17) is 0 Å². The van der Waals surface area contributed by atoms with E-state index in [1.54, 1.807) is 6.07 Å². The maximum atomic E-state index is 13.7. The lowest BCUT2D eigenvalue weighted by Crippen LogP contribution is -2.43. The van der Waals surface area contributed by atoms with Gasteiger partial charge in [-0.05, 0) is 32.4 Å². The fourth-order valence-electron chi connectivity index (χ4n) is 1.59. The van der Waals surface area contributed by atoms with Crippen LogP contribution in [0.15, 0.2) is 24.3 Å². The Morgan fingerprint density at radius 1 is 1.06 bits per heavy atom. The first-order chi connectivity index (χ1) is 7.22. The van der Waals surface area contributed by atoms with Gasteiger partial charge in [0.15, 0.2) is 0 Å². The fourth-order valence-corrected chi connectivity index (χ4v) is 1.59. The molecule has 0 aliphatic carbocycles. The SMILES string of the molecule is CC(C)(C)NCC(C)(C)c1ccccc1F. The topological polar surface area (TPSA) is 12.0 Å². The Morgan fingerprint density at radius 2 is 1.62 bits per heavy atom. The minimum absolute atomic E-state index is 0.0581. The summed E-state index contributed by atoms with van der Waals surface area (Å²) < 4.78 is 13.7. The fraction of sp³-hybridized carbons (Fsp3) is 0.571. The predicted octanol–water partition coefficient (Wildman–Crippen LogP) is 3.49. The van der Waals surface area contributed by atoms with Crippen molar-refractivity contribution >= 4 is 0 Å². The molecule has 0 heterocycles. The maximum absolute atomic E-state index is 13.7. The summed E-state index contributed by atoms with van der Waals surface area (Å²) in [5, 5.41) is 3.42. The van der Waals surface area contributed by atoms with Crippen LogP contribution in [-0.2, 0) is 5.41 Å². The largest absolute Gasteiger partial charge is 0.311 e. The highest BCUT2D eigenvalue weighted by Crippen LogP contribution is 2.25. The molecule has 0 bridgehead atoms. The molecule has 1 rings (SSSR count). The van der Waals surface area contributed by atoms with Crippen molar-refractivity contribution in [1.82, 2.24) is 5.32 Å². The summed E-state index contributed by atoms with van der Waals surface area (Å²) in [5.41, 5.74) is 0.632. The van der Waals surface area contributed by atoms with Crippen LogP contribution in [0.3, 0.4) is 0 Å². The van der Waals surface area contributed by atoms with E-state index in [1.807, 2.05) is 12.1 Å². The first kappa shape index (κ1) is 13.2. The predicted molar refractivity (Wildman–Crippen MR) is 67.2 cm³/mol. The van der Waals surface area contributed by atoms with Crippen LogP contribution in [-0.4, -0.2) is 12.1 Å².